The van der Waals surface area contributed by atoms with Gasteiger partial charge in [-0.2, -0.15) is 5.10 Å². The van der Waals surface area contributed by atoms with E-state index in [0.29, 0.717) is 17.1 Å². The molecule has 106 valence electrons. The Balaban J connectivity index is 2.17. The van der Waals surface area contributed by atoms with Crippen LogP contribution in [0.2, 0.25) is 0 Å². The van der Waals surface area contributed by atoms with Crippen LogP contribution in [-0.2, 0) is 6.54 Å². The Hall–Kier alpha value is -2.02. The van der Waals surface area contributed by atoms with Crippen molar-refractivity contribution in [2.45, 2.75) is 26.4 Å². The Morgan fingerprint density at radius 2 is 2.35 bits per heavy atom. The number of carbonyl (C=O) groups excluding carboxylic acids is 1. The minimum atomic E-state index is -0.443. The normalized spacial score (nSPS) is 12.2. The number of hydrogen-bond acceptors (Lipinski definition) is 3. The molecule has 0 aliphatic heterocycles. The molecule has 0 unspecified atom stereocenters. The highest BCUT2D eigenvalue weighted by atomic mass is 32.1. The van der Waals surface area contributed by atoms with E-state index >= 15 is 0 Å². The van der Waals surface area contributed by atoms with E-state index in [1.165, 1.54) is 18.2 Å². The summed E-state index contributed by atoms with van der Waals surface area (Å²) in [7, 11) is 0. The van der Waals surface area contributed by atoms with Gasteiger partial charge in [0.05, 0.1) is 6.04 Å². The van der Waals surface area contributed by atoms with Crippen LogP contribution in [0.3, 0.4) is 0 Å². The van der Waals surface area contributed by atoms with Crippen LogP contribution in [0.25, 0.3) is 0 Å². The maximum Gasteiger partial charge on any atom is 0.251 e. The molecule has 0 saturated carbocycles. The van der Waals surface area contributed by atoms with Crippen LogP contribution in [-0.4, -0.2) is 20.7 Å². The van der Waals surface area contributed by atoms with E-state index in [4.69, 9.17) is 12.2 Å². The van der Waals surface area contributed by atoms with Gasteiger partial charge in [-0.1, -0.05) is 6.07 Å². The van der Waals surface area contributed by atoms with Gasteiger partial charge in [-0.25, -0.2) is 4.39 Å². The number of benzene rings is 1. The monoisotopic (exact) mass is 294 g/mol. The lowest BCUT2D eigenvalue weighted by molar-refractivity contribution is 0.0937. The fourth-order valence-corrected chi connectivity index (χ4v) is 2.21. The first kappa shape index (κ1) is 14.4. The summed E-state index contributed by atoms with van der Waals surface area (Å²) < 4.78 is 15.4. The van der Waals surface area contributed by atoms with Gasteiger partial charge < -0.3 is 9.88 Å². The van der Waals surface area contributed by atoms with Crippen molar-refractivity contribution in [2.24, 2.45) is 0 Å². The largest absolute Gasteiger partial charge is 0.342 e. The lowest BCUT2D eigenvalue weighted by Gasteiger charge is -2.14. The second-order valence-electron chi connectivity index (χ2n) is 4.34. The van der Waals surface area contributed by atoms with Gasteiger partial charge in [0.15, 0.2) is 10.6 Å². The zero-order valence-corrected chi connectivity index (χ0v) is 12.0. The fraction of sp³-hybridized carbons (Fsp3) is 0.308. The molecule has 0 radical (unpaired) electrons. The molecule has 0 spiro atoms. The van der Waals surface area contributed by atoms with E-state index in [1.807, 2.05) is 6.92 Å². The number of nitrogens with zero attached hydrogens (tertiary/aromatic N) is 2. The van der Waals surface area contributed by atoms with Gasteiger partial charge in [-0.3, -0.25) is 9.89 Å². The van der Waals surface area contributed by atoms with Crippen molar-refractivity contribution >= 4 is 18.1 Å². The maximum absolute atomic E-state index is 13.1. The molecule has 7 heteroatoms. The number of H-pyrrole nitrogens is 1. The summed E-state index contributed by atoms with van der Waals surface area (Å²) >= 11 is 5.10. The molecule has 0 saturated heterocycles. The summed E-state index contributed by atoms with van der Waals surface area (Å²) in [5, 5.41) is 9.58. The first-order valence-electron chi connectivity index (χ1n) is 6.24. The molecule has 1 aromatic heterocycles. The highest BCUT2D eigenvalue weighted by molar-refractivity contribution is 7.71. The molecule has 2 aromatic rings. The maximum atomic E-state index is 13.1. The predicted molar refractivity (Wildman–Crippen MR) is 75.4 cm³/mol. The van der Waals surface area contributed by atoms with E-state index in [-0.39, 0.29) is 17.5 Å². The lowest BCUT2D eigenvalue weighted by atomic mass is 10.2. The minimum absolute atomic E-state index is 0.272. The lowest BCUT2D eigenvalue weighted by Crippen LogP contribution is -2.28. The van der Waals surface area contributed by atoms with Crippen LogP contribution >= 0.6 is 12.2 Å². The number of halogens is 1. The average Bonchev–Trinajstić information content (AvgIpc) is 2.79. The Bertz CT molecular complexity index is 679. The second-order valence-corrected chi connectivity index (χ2v) is 4.72. The third-order valence-corrected chi connectivity index (χ3v) is 3.24. The number of hydrogen-bond donors (Lipinski definition) is 2. The minimum Gasteiger partial charge on any atom is -0.342 e. The highest BCUT2D eigenvalue weighted by Gasteiger charge is 2.16. The number of aromatic amines is 1. The van der Waals surface area contributed by atoms with Crippen molar-refractivity contribution in [2.75, 3.05) is 0 Å². The summed E-state index contributed by atoms with van der Waals surface area (Å²) in [6.45, 7) is 4.40. The van der Waals surface area contributed by atoms with Gasteiger partial charge >= 0.3 is 0 Å². The molecule has 0 fully saturated rings. The van der Waals surface area contributed by atoms with Gasteiger partial charge in [0.2, 0.25) is 0 Å². The molecule has 20 heavy (non-hydrogen) atoms. The summed E-state index contributed by atoms with van der Waals surface area (Å²) in [5.41, 5.74) is 0.272. The molecule has 0 aliphatic rings. The van der Waals surface area contributed by atoms with E-state index in [1.54, 1.807) is 17.6 Å². The zero-order valence-electron chi connectivity index (χ0n) is 11.2. The van der Waals surface area contributed by atoms with Crippen molar-refractivity contribution in [3.05, 3.63) is 46.2 Å². The second kappa shape index (κ2) is 5.96. The Morgan fingerprint density at radius 1 is 1.60 bits per heavy atom. The van der Waals surface area contributed by atoms with Crippen molar-refractivity contribution in [3.63, 3.8) is 0 Å². The van der Waals surface area contributed by atoms with Gasteiger partial charge in [0, 0.05) is 12.1 Å². The van der Waals surface area contributed by atoms with Crippen LogP contribution in [0.4, 0.5) is 4.39 Å². The van der Waals surface area contributed by atoms with Gasteiger partial charge in [-0.05, 0) is 44.3 Å². The van der Waals surface area contributed by atoms with Crippen LogP contribution in [0.15, 0.2) is 24.3 Å². The van der Waals surface area contributed by atoms with E-state index < -0.39 is 5.82 Å². The summed E-state index contributed by atoms with van der Waals surface area (Å²) in [6, 6.07) is 5.21. The number of amides is 1. The van der Waals surface area contributed by atoms with E-state index in [2.05, 4.69) is 15.5 Å². The Labute approximate surface area is 120 Å². The molecule has 0 aliphatic carbocycles. The first-order valence-corrected chi connectivity index (χ1v) is 6.65. The molecule has 1 amide bonds. The van der Waals surface area contributed by atoms with Crippen molar-refractivity contribution in [3.8, 4) is 0 Å². The molecular formula is C13H15FN4OS. The van der Waals surface area contributed by atoms with E-state index in [9.17, 15) is 9.18 Å². The SMILES string of the molecule is CCn1c([C@@H](C)NC(=O)c2cccc(F)c2)n[nH]c1=S. The number of carbonyl (C=O) groups is 1. The molecule has 1 aromatic carbocycles. The Kier molecular flexibility index (Phi) is 4.29. The third-order valence-electron chi connectivity index (χ3n) is 2.93. The number of nitrogens with one attached hydrogen (secondary N) is 2. The topological polar surface area (TPSA) is 62.7 Å². The smallest absolute Gasteiger partial charge is 0.251 e. The van der Waals surface area contributed by atoms with Crippen molar-refractivity contribution in [1.29, 1.82) is 0 Å². The van der Waals surface area contributed by atoms with Crippen molar-refractivity contribution < 1.29 is 9.18 Å². The quantitative estimate of drug-likeness (QED) is 0.852. The summed E-state index contributed by atoms with van der Waals surface area (Å²) in [4.78, 5) is 12.0. The zero-order chi connectivity index (χ0) is 14.7. The number of rotatable bonds is 4. The molecule has 5 nitrogen and oxygen atoms in total. The van der Waals surface area contributed by atoms with Crippen molar-refractivity contribution in [1.82, 2.24) is 20.1 Å². The van der Waals surface area contributed by atoms with Gasteiger partial charge in [0.25, 0.3) is 5.91 Å². The Morgan fingerprint density at radius 3 is 3.00 bits per heavy atom. The molecule has 2 N–H and O–H groups in total. The highest BCUT2D eigenvalue weighted by Crippen LogP contribution is 2.12. The molecule has 0 bridgehead atoms. The summed E-state index contributed by atoms with van der Waals surface area (Å²) in [6.07, 6.45) is 0. The average molecular weight is 294 g/mol. The fourth-order valence-electron chi connectivity index (χ4n) is 1.94. The molecular weight excluding hydrogens is 279 g/mol. The van der Waals surface area contributed by atoms with Crippen LogP contribution in [0, 0.1) is 10.6 Å². The molecule has 2 rings (SSSR count). The third kappa shape index (κ3) is 2.93. The number of aromatic nitrogens is 3. The summed E-state index contributed by atoms with van der Waals surface area (Å²) in [5.74, 6) is -0.155. The van der Waals surface area contributed by atoms with Crippen LogP contribution in [0.1, 0.15) is 36.1 Å². The molecule has 1 heterocycles. The van der Waals surface area contributed by atoms with Gasteiger partial charge in [0.1, 0.15) is 5.82 Å². The standard InChI is InChI=1S/C13H15FN4OS/c1-3-18-11(16-17-13(18)20)8(2)15-12(19)9-5-4-6-10(14)7-9/h4-8H,3H2,1-2H3,(H,15,19)(H,17,20)/t8-/m1/s1. The van der Waals surface area contributed by atoms with Crippen LogP contribution < -0.4 is 5.32 Å². The predicted octanol–water partition coefficient (Wildman–Crippen LogP) is 2.59. The first-order chi connectivity index (χ1) is 9.52. The van der Waals surface area contributed by atoms with Gasteiger partial charge in [-0.15, -0.1) is 0 Å². The van der Waals surface area contributed by atoms with E-state index in [0.717, 1.165) is 0 Å². The van der Waals surface area contributed by atoms with Crippen LogP contribution in [0.5, 0.6) is 0 Å². The molecule has 1 atom stereocenters.